The Balaban J connectivity index is 1.61. The maximum atomic E-state index is 4.97. The normalized spacial score (nSPS) is 21.1. The van der Waals surface area contributed by atoms with E-state index in [9.17, 15) is 0 Å². The highest BCUT2D eigenvalue weighted by Crippen LogP contribution is 2.21. The van der Waals surface area contributed by atoms with Crippen LogP contribution >= 0.6 is 0 Å². The number of anilines is 2. The molecule has 3 heterocycles. The van der Waals surface area contributed by atoms with Gasteiger partial charge in [0.05, 0.1) is 0 Å². The van der Waals surface area contributed by atoms with Crippen LogP contribution in [0.4, 0.5) is 11.6 Å². The van der Waals surface area contributed by atoms with E-state index in [0.29, 0.717) is 12.1 Å². The van der Waals surface area contributed by atoms with E-state index < -0.39 is 0 Å². The third-order valence-corrected chi connectivity index (χ3v) is 5.46. The van der Waals surface area contributed by atoms with Crippen molar-refractivity contribution in [3.8, 4) is 0 Å². The molecule has 24 heavy (non-hydrogen) atoms. The summed E-state index contributed by atoms with van der Waals surface area (Å²) in [6.45, 7) is 18.0. The first-order valence-electron chi connectivity index (χ1n) is 9.49. The van der Waals surface area contributed by atoms with Crippen molar-refractivity contribution in [1.29, 1.82) is 0 Å². The van der Waals surface area contributed by atoms with Gasteiger partial charge >= 0.3 is 0 Å². The molecule has 2 aliphatic rings. The quantitative estimate of drug-likeness (QED) is 0.842. The number of nitrogens with zero attached hydrogens (tertiary/aromatic N) is 5. The van der Waals surface area contributed by atoms with E-state index in [1.165, 1.54) is 0 Å². The number of hydrogen-bond donors (Lipinski definition) is 0. The number of pyridine rings is 1. The fraction of sp³-hybridized carbons (Fsp3) is 0.737. The molecule has 0 unspecified atom stereocenters. The number of piperazine rings is 2. The number of aromatic nitrogens is 1. The molecule has 0 aromatic carbocycles. The molecule has 1 aromatic heterocycles. The Morgan fingerprint density at radius 2 is 1.04 bits per heavy atom. The van der Waals surface area contributed by atoms with Gasteiger partial charge in [-0.25, -0.2) is 4.98 Å². The standard InChI is InChI=1S/C19H33N5/c1-16(2)21-8-12-23(13-9-21)18-6-5-7-19(20-18)24-14-10-22(11-15-24)17(3)4/h5-7,16-17H,8-15H2,1-4H3. The van der Waals surface area contributed by atoms with Gasteiger partial charge in [0.25, 0.3) is 0 Å². The molecule has 0 atom stereocenters. The van der Waals surface area contributed by atoms with Gasteiger partial charge < -0.3 is 9.80 Å². The van der Waals surface area contributed by atoms with Crippen LogP contribution in [0.15, 0.2) is 18.2 Å². The second-order valence-corrected chi connectivity index (χ2v) is 7.59. The first kappa shape index (κ1) is 17.5. The van der Waals surface area contributed by atoms with Crippen molar-refractivity contribution in [2.75, 3.05) is 62.2 Å². The van der Waals surface area contributed by atoms with Crippen LogP contribution in [0.25, 0.3) is 0 Å². The van der Waals surface area contributed by atoms with Gasteiger partial charge in [-0.3, -0.25) is 9.80 Å². The lowest BCUT2D eigenvalue weighted by molar-refractivity contribution is 0.208. The van der Waals surface area contributed by atoms with Crippen molar-refractivity contribution < 1.29 is 0 Å². The SMILES string of the molecule is CC(C)N1CCN(c2cccc(N3CCN(C(C)C)CC3)n2)CC1. The summed E-state index contributed by atoms with van der Waals surface area (Å²) in [4.78, 5) is 14.9. The van der Waals surface area contributed by atoms with Crippen molar-refractivity contribution in [2.45, 2.75) is 39.8 Å². The van der Waals surface area contributed by atoms with Gasteiger partial charge in [-0.05, 0) is 39.8 Å². The molecule has 0 radical (unpaired) electrons. The summed E-state index contributed by atoms with van der Waals surface area (Å²) in [5.41, 5.74) is 0. The summed E-state index contributed by atoms with van der Waals surface area (Å²) >= 11 is 0. The maximum absolute atomic E-state index is 4.97. The monoisotopic (exact) mass is 331 g/mol. The third-order valence-electron chi connectivity index (χ3n) is 5.46. The molecule has 5 nitrogen and oxygen atoms in total. The minimum absolute atomic E-state index is 0.642. The van der Waals surface area contributed by atoms with Gasteiger partial charge in [-0.1, -0.05) is 6.07 Å². The molecule has 2 fully saturated rings. The first-order chi connectivity index (χ1) is 11.5. The van der Waals surface area contributed by atoms with Crippen molar-refractivity contribution in [2.24, 2.45) is 0 Å². The van der Waals surface area contributed by atoms with Crippen LogP contribution in [0.2, 0.25) is 0 Å². The molecule has 5 heteroatoms. The van der Waals surface area contributed by atoms with Crippen LogP contribution in [-0.2, 0) is 0 Å². The molecule has 3 rings (SSSR count). The minimum atomic E-state index is 0.642. The predicted molar refractivity (Wildman–Crippen MR) is 102 cm³/mol. The molecule has 0 aliphatic carbocycles. The average Bonchev–Trinajstić information content (AvgIpc) is 2.62. The summed E-state index contributed by atoms with van der Waals surface area (Å²) in [5, 5.41) is 0. The van der Waals surface area contributed by atoms with Gasteiger partial charge in [0.1, 0.15) is 11.6 Å². The van der Waals surface area contributed by atoms with Crippen LogP contribution < -0.4 is 9.80 Å². The minimum Gasteiger partial charge on any atom is -0.354 e. The zero-order valence-corrected chi connectivity index (χ0v) is 15.8. The van der Waals surface area contributed by atoms with Crippen molar-refractivity contribution in [1.82, 2.24) is 14.8 Å². The Morgan fingerprint density at radius 3 is 1.38 bits per heavy atom. The number of hydrogen-bond acceptors (Lipinski definition) is 5. The summed E-state index contributed by atoms with van der Waals surface area (Å²) < 4.78 is 0. The summed E-state index contributed by atoms with van der Waals surface area (Å²) in [6, 6.07) is 7.78. The fourth-order valence-corrected chi connectivity index (χ4v) is 3.70. The molecule has 0 amide bonds. The largest absolute Gasteiger partial charge is 0.354 e. The molecular weight excluding hydrogens is 298 g/mol. The topological polar surface area (TPSA) is 25.9 Å². The van der Waals surface area contributed by atoms with Gasteiger partial charge in [0, 0.05) is 64.4 Å². The van der Waals surface area contributed by atoms with E-state index in [1.807, 2.05) is 0 Å². The van der Waals surface area contributed by atoms with Gasteiger partial charge in [-0.15, -0.1) is 0 Å². The molecule has 0 bridgehead atoms. The lowest BCUT2D eigenvalue weighted by Crippen LogP contribution is -2.50. The Kier molecular flexibility index (Phi) is 5.61. The Labute approximate surface area is 147 Å². The fourth-order valence-electron chi connectivity index (χ4n) is 3.70. The van der Waals surface area contributed by atoms with Gasteiger partial charge in [0.15, 0.2) is 0 Å². The van der Waals surface area contributed by atoms with Crippen LogP contribution in [-0.4, -0.2) is 79.2 Å². The van der Waals surface area contributed by atoms with Crippen LogP contribution in [0.5, 0.6) is 0 Å². The second kappa shape index (κ2) is 7.70. The Bertz CT molecular complexity index is 471. The van der Waals surface area contributed by atoms with Crippen LogP contribution in [0.1, 0.15) is 27.7 Å². The Morgan fingerprint density at radius 1 is 0.667 bits per heavy atom. The highest BCUT2D eigenvalue weighted by molar-refractivity contribution is 5.49. The van der Waals surface area contributed by atoms with Crippen LogP contribution in [0.3, 0.4) is 0 Å². The Hall–Kier alpha value is -1.33. The first-order valence-corrected chi connectivity index (χ1v) is 9.49. The van der Waals surface area contributed by atoms with E-state index in [0.717, 1.165) is 64.0 Å². The molecule has 0 spiro atoms. The maximum Gasteiger partial charge on any atom is 0.131 e. The van der Waals surface area contributed by atoms with Gasteiger partial charge in [-0.2, -0.15) is 0 Å². The lowest BCUT2D eigenvalue weighted by atomic mass is 10.2. The third kappa shape index (κ3) is 4.01. The van der Waals surface area contributed by atoms with Gasteiger partial charge in [0.2, 0.25) is 0 Å². The van der Waals surface area contributed by atoms with E-state index in [2.05, 4.69) is 65.5 Å². The lowest BCUT2D eigenvalue weighted by Gasteiger charge is -2.39. The summed E-state index contributed by atoms with van der Waals surface area (Å²) in [7, 11) is 0. The molecule has 1 aromatic rings. The average molecular weight is 332 g/mol. The van der Waals surface area contributed by atoms with E-state index in [4.69, 9.17) is 4.98 Å². The summed E-state index contributed by atoms with van der Waals surface area (Å²) in [5.74, 6) is 2.28. The van der Waals surface area contributed by atoms with E-state index in [-0.39, 0.29) is 0 Å². The smallest absolute Gasteiger partial charge is 0.131 e. The molecular formula is C19H33N5. The molecule has 2 aliphatic heterocycles. The zero-order valence-electron chi connectivity index (χ0n) is 15.8. The predicted octanol–water partition coefficient (Wildman–Crippen LogP) is 2.14. The highest BCUT2D eigenvalue weighted by atomic mass is 15.3. The number of rotatable bonds is 4. The van der Waals surface area contributed by atoms with Crippen molar-refractivity contribution >= 4 is 11.6 Å². The molecule has 0 N–H and O–H groups in total. The van der Waals surface area contributed by atoms with Crippen LogP contribution in [0, 0.1) is 0 Å². The molecule has 0 saturated carbocycles. The highest BCUT2D eigenvalue weighted by Gasteiger charge is 2.22. The van der Waals surface area contributed by atoms with E-state index >= 15 is 0 Å². The summed E-state index contributed by atoms with van der Waals surface area (Å²) in [6.07, 6.45) is 0. The molecule has 2 saturated heterocycles. The second-order valence-electron chi connectivity index (χ2n) is 7.59. The zero-order chi connectivity index (χ0) is 17.1. The van der Waals surface area contributed by atoms with E-state index in [1.54, 1.807) is 0 Å². The van der Waals surface area contributed by atoms with Crippen molar-refractivity contribution in [3.63, 3.8) is 0 Å². The van der Waals surface area contributed by atoms with Crippen molar-refractivity contribution in [3.05, 3.63) is 18.2 Å². The molecule has 134 valence electrons.